The zero-order chi connectivity index (χ0) is 18.7. The molecule has 0 saturated heterocycles. The van der Waals surface area contributed by atoms with Crippen LogP contribution in [0.4, 0.5) is 4.39 Å². The van der Waals surface area contributed by atoms with Crippen LogP contribution in [-0.4, -0.2) is 36.9 Å². The molecule has 2 aromatic rings. The summed E-state index contributed by atoms with van der Waals surface area (Å²) in [7, 11) is 1.51. The van der Waals surface area contributed by atoms with Crippen molar-refractivity contribution >= 4 is 5.91 Å². The van der Waals surface area contributed by atoms with Crippen molar-refractivity contribution < 1.29 is 23.8 Å². The Morgan fingerprint density at radius 1 is 1.38 bits per heavy atom. The van der Waals surface area contributed by atoms with Gasteiger partial charge in [0.15, 0.2) is 11.5 Å². The van der Waals surface area contributed by atoms with Gasteiger partial charge in [-0.2, -0.15) is 0 Å². The molecule has 0 radical (unpaired) electrons. The zero-order valence-corrected chi connectivity index (χ0v) is 14.8. The molecular formula is C20H22FNO4. The number of aliphatic hydroxyl groups excluding tert-OH is 1. The minimum Gasteiger partial charge on any atom is -0.493 e. The van der Waals surface area contributed by atoms with Crippen LogP contribution in [0.3, 0.4) is 0 Å². The summed E-state index contributed by atoms with van der Waals surface area (Å²) < 4.78 is 25.5. The third-order valence-electron chi connectivity index (χ3n) is 4.45. The molecule has 2 aromatic carbocycles. The van der Waals surface area contributed by atoms with Crippen LogP contribution < -0.4 is 14.8 Å². The van der Waals surface area contributed by atoms with Gasteiger partial charge >= 0.3 is 0 Å². The van der Waals surface area contributed by atoms with Crippen molar-refractivity contribution in [3.63, 3.8) is 0 Å². The quantitative estimate of drug-likeness (QED) is 0.832. The average molecular weight is 359 g/mol. The van der Waals surface area contributed by atoms with E-state index in [1.54, 1.807) is 30.3 Å². The summed E-state index contributed by atoms with van der Waals surface area (Å²) in [5, 5.41) is 11.5. The molecule has 0 fully saturated rings. The minimum atomic E-state index is -0.627. The number of fused-ring (bicyclic) bond motifs is 1. The fourth-order valence-electron chi connectivity index (χ4n) is 3.29. The van der Waals surface area contributed by atoms with E-state index in [-0.39, 0.29) is 24.9 Å². The highest BCUT2D eigenvalue weighted by molar-refractivity contribution is 5.95. The van der Waals surface area contributed by atoms with Gasteiger partial charge in [-0.1, -0.05) is 18.2 Å². The highest BCUT2D eigenvalue weighted by Gasteiger charge is 2.38. The number of amides is 1. The van der Waals surface area contributed by atoms with E-state index in [1.165, 1.54) is 13.2 Å². The molecular weight excluding hydrogens is 337 g/mol. The van der Waals surface area contributed by atoms with E-state index in [9.17, 15) is 9.18 Å². The molecule has 1 atom stereocenters. The van der Waals surface area contributed by atoms with E-state index in [4.69, 9.17) is 14.6 Å². The SMILES string of the molecule is COc1cc(C(=O)NCCO)cc2c1O[C@](C)(Cc1ccccc1F)C2. The van der Waals surface area contributed by atoms with E-state index in [2.05, 4.69) is 5.32 Å². The third-order valence-corrected chi connectivity index (χ3v) is 4.45. The molecule has 138 valence electrons. The molecule has 1 aliphatic rings. The highest BCUT2D eigenvalue weighted by Crippen LogP contribution is 2.44. The van der Waals surface area contributed by atoms with Crippen molar-refractivity contribution in [2.75, 3.05) is 20.3 Å². The molecule has 0 aliphatic carbocycles. The van der Waals surface area contributed by atoms with Crippen molar-refractivity contribution in [2.24, 2.45) is 0 Å². The van der Waals surface area contributed by atoms with Crippen LogP contribution in [0, 0.1) is 5.82 Å². The maximum absolute atomic E-state index is 14.0. The summed E-state index contributed by atoms with van der Waals surface area (Å²) >= 11 is 0. The molecule has 26 heavy (non-hydrogen) atoms. The van der Waals surface area contributed by atoms with E-state index >= 15 is 0 Å². The molecule has 1 amide bonds. The van der Waals surface area contributed by atoms with Crippen molar-refractivity contribution in [1.82, 2.24) is 5.32 Å². The van der Waals surface area contributed by atoms with Crippen molar-refractivity contribution in [2.45, 2.75) is 25.4 Å². The fraction of sp³-hybridized carbons (Fsp3) is 0.350. The Balaban J connectivity index is 1.87. The van der Waals surface area contributed by atoms with Gasteiger partial charge in [0.25, 0.3) is 5.91 Å². The first kappa shape index (κ1) is 18.2. The lowest BCUT2D eigenvalue weighted by Crippen LogP contribution is -2.33. The van der Waals surface area contributed by atoms with Crippen LogP contribution in [0.5, 0.6) is 11.5 Å². The van der Waals surface area contributed by atoms with Crippen LogP contribution in [0.1, 0.15) is 28.4 Å². The number of benzene rings is 2. The normalized spacial score (nSPS) is 18.2. The third kappa shape index (κ3) is 3.65. The molecule has 0 bridgehead atoms. The van der Waals surface area contributed by atoms with E-state index in [0.717, 1.165) is 5.56 Å². The number of aliphatic hydroxyl groups is 1. The summed E-state index contributed by atoms with van der Waals surface area (Å²) in [6.45, 7) is 1.97. The Hall–Kier alpha value is -2.60. The van der Waals surface area contributed by atoms with Gasteiger partial charge in [0.1, 0.15) is 11.4 Å². The number of carbonyl (C=O) groups is 1. The summed E-state index contributed by atoms with van der Waals surface area (Å²) in [6.07, 6.45) is 0.942. The monoisotopic (exact) mass is 359 g/mol. The first-order valence-corrected chi connectivity index (χ1v) is 8.48. The van der Waals surface area contributed by atoms with Gasteiger partial charge in [-0.15, -0.1) is 0 Å². The van der Waals surface area contributed by atoms with Gasteiger partial charge < -0.3 is 19.9 Å². The predicted octanol–water partition coefficient (Wildman–Crippen LogP) is 2.49. The van der Waals surface area contributed by atoms with Crippen LogP contribution in [0.15, 0.2) is 36.4 Å². The summed E-state index contributed by atoms with van der Waals surface area (Å²) in [6, 6.07) is 10.0. The summed E-state index contributed by atoms with van der Waals surface area (Å²) in [5.41, 5.74) is 1.24. The largest absolute Gasteiger partial charge is 0.493 e. The van der Waals surface area contributed by atoms with Crippen LogP contribution >= 0.6 is 0 Å². The smallest absolute Gasteiger partial charge is 0.251 e. The number of halogens is 1. The molecule has 2 N–H and O–H groups in total. The molecule has 5 nitrogen and oxygen atoms in total. The molecule has 3 rings (SSSR count). The maximum Gasteiger partial charge on any atom is 0.251 e. The second-order valence-electron chi connectivity index (χ2n) is 6.64. The number of nitrogens with one attached hydrogen (secondary N) is 1. The van der Waals surface area contributed by atoms with E-state index in [0.29, 0.717) is 35.5 Å². The summed E-state index contributed by atoms with van der Waals surface area (Å²) in [5.74, 6) is 0.506. The molecule has 0 spiro atoms. The standard InChI is InChI=1S/C20H22FNO4/c1-20(11-13-5-3-4-6-16(13)21)12-15-9-14(19(24)22-7-8-23)10-17(25-2)18(15)26-20/h3-6,9-10,23H,7-8,11-12H2,1-2H3,(H,22,24)/t20-/m1/s1. The number of methoxy groups -OCH3 is 1. The van der Waals surface area contributed by atoms with E-state index < -0.39 is 5.60 Å². The fourth-order valence-corrected chi connectivity index (χ4v) is 3.29. The molecule has 1 heterocycles. The predicted molar refractivity (Wildman–Crippen MR) is 95.3 cm³/mol. The molecule has 1 aliphatic heterocycles. The van der Waals surface area contributed by atoms with Crippen LogP contribution in [-0.2, 0) is 12.8 Å². The number of ether oxygens (including phenoxy) is 2. The van der Waals surface area contributed by atoms with Gasteiger partial charge in [0.05, 0.1) is 13.7 Å². The van der Waals surface area contributed by atoms with Crippen molar-refractivity contribution in [3.8, 4) is 11.5 Å². The second-order valence-corrected chi connectivity index (χ2v) is 6.64. The van der Waals surface area contributed by atoms with Gasteiger partial charge in [-0.25, -0.2) is 4.39 Å². The molecule has 0 unspecified atom stereocenters. The Morgan fingerprint density at radius 2 is 2.15 bits per heavy atom. The number of rotatable bonds is 6. The Kier molecular flexibility index (Phi) is 5.13. The molecule has 6 heteroatoms. The number of hydrogen-bond acceptors (Lipinski definition) is 4. The van der Waals surface area contributed by atoms with Crippen molar-refractivity contribution in [3.05, 3.63) is 58.9 Å². The Labute approximate surface area is 151 Å². The van der Waals surface area contributed by atoms with Crippen LogP contribution in [0.2, 0.25) is 0 Å². The summed E-state index contributed by atoms with van der Waals surface area (Å²) in [4.78, 5) is 12.2. The van der Waals surface area contributed by atoms with Gasteiger partial charge in [-0.05, 0) is 30.7 Å². The number of hydrogen-bond donors (Lipinski definition) is 2. The van der Waals surface area contributed by atoms with Gasteiger partial charge in [0, 0.05) is 30.5 Å². The molecule has 0 saturated carbocycles. The lowest BCUT2D eigenvalue weighted by Gasteiger charge is -2.24. The van der Waals surface area contributed by atoms with Crippen LogP contribution in [0.25, 0.3) is 0 Å². The zero-order valence-electron chi connectivity index (χ0n) is 14.8. The number of carbonyl (C=O) groups excluding carboxylic acids is 1. The Morgan fingerprint density at radius 3 is 2.85 bits per heavy atom. The van der Waals surface area contributed by atoms with Gasteiger partial charge in [-0.3, -0.25) is 4.79 Å². The lowest BCUT2D eigenvalue weighted by atomic mass is 9.91. The lowest BCUT2D eigenvalue weighted by molar-refractivity contribution is 0.0944. The molecule has 0 aromatic heterocycles. The van der Waals surface area contributed by atoms with Gasteiger partial charge in [0.2, 0.25) is 0 Å². The maximum atomic E-state index is 14.0. The topological polar surface area (TPSA) is 67.8 Å². The highest BCUT2D eigenvalue weighted by atomic mass is 19.1. The second kappa shape index (κ2) is 7.33. The van der Waals surface area contributed by atoms with Crippen molar-refractivity contribution in [1.29, 1.82) is 0 Å². The Bertz CT molecular complexity index is 823. The average Bonchev–Trinajstić information content (AvgIpc) is 2.96. The first-order valence-electron chi connectivity index (χ1n) is 8.48. The first-order chi connectivity index (χ1) is 12.5. The minimum absolute atomic E-state index is 0.127. The van der Waals surface area contributed by atoms with E-state index in [1.807, 2.05) is 6.92 Å².